The van der Waals surface area contributed by atoms with Crippen molar-refractivity contribution in [3.8, 4) is 0 Å². The van der Waals surface area contributed by atoms with Crippen LogP contribution >= 0.6 is 12.2 Å². The van der Waals surface area contributed by atoms with Gasteiger partial charge in [0.2, 0.25) is 5.91 Å². The number of ether oxygens (including phenoxy) is 1. The zero-order valence-corrected chi connectivity index (χ0v) is 13.0. The summed E-state index contributed by atoms with van der Waals surface area (Å²) in [5, 5.41) is 3.09. The summed E-state index contributed by atoms with van der Waals surface area (Å²) in [6.45, 7) is 6.90. The van der Waals surface area contributed by atoms with E-state index in [0.29, 0.717) is 13.0 Å². The van der Waals surface area contributed by atoms with Crippen LogP contribution in [0.3, 0.4) is 0 Å². The first-order chi connectivity index (χ1) is 8.98. The third-order valence-electron chi connectivity index (χ3n) is 4.20. The van der Waals surface area contributed by atoms with Crippen LogP contribution in [0.5, 0.6) is 0 Å². The van der Waals surface area contributed by atoms with E-state index >= 15 is 0 Å². The Morgan fingerprint density at radius 1 is 1.47 bits per heavy atom. The Bertz CT molecular complexity index is 329. The normalized spacial score (nSPS) is 23.6. The Hall–Kier alpha value is -0.680. The molecule has 0 aromatic heterocycles. The lowest BCUT2D eigenvalue weighted by atomic mass is 9.85. The van der Waals surface area contributed by atoms with Crippen LogP contribution < -0.4 is 11.1 Å². The number of carbonyl (C=O) groups is 1. The molecule has 0 saturated carbocycles. The van der Waals surface area contributed by atoms with Crippen LogP contribution in [0, 0.1) is 5.92 Å². The van der Waals surface area contributed by atoms with Crippen molar-refractivity contribution in [2.45, 2.75) is 64.5 Å². The number of hydrogen-bond donors (Lipinski definition) is 2. The Morgan fingerprint density at radius 2 is 2.11 bits per heavy atom. The van der Waals surface area contributed by atoms with Crippen LogP contribution in [-0.4, -0.2) is 29.1 Å². The number of rotatable bonds is 6. The fraction of sp³-hybridized carbons (Fsp3) is 0.857. The van der Waals surface area contributed by atoms with Gasteiger partial charge in [0.1, 0.15) is 0 Å². The monoisotopic (exact) mass is 286 g/mol. The van der Waals surface area contributed by atoms with Crippen molar-refractivity contribution in [3.63, 3.8) is 0 Å². The summed E-state index contributed by atoms with van der Waals surface area (Å²) >= 11 is 4.94. The van der Waals surface area contributed by atoms with Gasteiger partial charge in [-0.05, 0) is 32.1 Å². The second-order valence-corrected chi connectivity index (χ2v) is 5.77. The lowest BCUT2D eigenvalue weighted by Gasteiger charge is -2.40. The summed E-state index contributed by atoms with van der Waals surface area (Å²) in [6.07, 6.45) is 4.34. The first-order valence-electron chi connectivity index (χ1n) is 7.21. The topological polar surface area (TPSA) is 64.3 Å². The predicted molar refractivity (Wildman–Crippen MR) is 81.0 cm³/mol. The molecule has 2 atom stereocenters. The molecule has 0 aliphatic carbocycles. The van der Waals surface area contributed by atoms with Crippen LogP contribution in [-0.2, 0) is 9.53 Å². The second-order valence-electron chi connectivity index (χ2n) is 5.30. The highest BCUT2D eigenvalue weighted by Gasteiger charge is 2.35. The Kier molecular flexibility index (Phi) is 6.20. The fourth-order valence-corrected chi connectivity index (χ4v) is 2.98. The Labute approximate surface area is 121 Å². The molecule has 0 aromatic rings. The fourth-order valence-electron chi connectivity index (χ4n) is 2.71. The van der Waals surface area contributed by atoms with Gasteiger partial charge in [-0.15, -0.1) is 0 Å². The van der Waals surface area contributed by atoms with Crippen LogP contribution in [0.15, 0.2) is 0 Å². The highest BCUT2D eigenvalue weighted by atomic mass is 32.1. The Morgan fingerprint density at radius 3 is 2.58 bits per heavy atom. The Balaban J connectivity index is 2.62. The predicted octanol–water partition coefficient (Wildman–Crippen LogP) is 2.15. The van der Waals surface area contributed by atoms with Crippen molar-refractivity contribution in [3.05, 3.63) is 0 Å². The lowest BCUT2D eigenvalue weighted by molar-refractivity contribution is -0.127. The van der Waals surface area contributed by atoms with Gasteiger partial charge in [-0.3, -0.25) is 4.79 Å². The van der Waals surface area contributed by atoms with E-state index in [1.165, 1.54) is 0 Å². The first kappa shape index (κ1) is 16.4. The van der Waals surface area contributed by atoms with E-state index in [-0.39, 0.29) is 28.5 Å². The van der Waals surface area contributed by atoms with E-state index in [1.54, 1.807) is 0 Å². The molecular formula is C14H26N2O2S. The van der Waals surface area contributed by atoms with Crippen LogP contribution in [0.25, 0.3) is 0 Å². The molecule has 5 heteroatoms. The molecule has 1 aliphatic rings. The van der Waals surface area contributed by atoms with Gasteiger partial charge in [-0.1, -0.05) is 33.0 Å². The number of nitrogens with one attached hydrogen (secondary N) is 1. The summed E-state index contributed by atoms with van der Waals surface area (Å²) in [4.78, 5) is 12.4. The molecule has 1 amide bonds. The van der Waals surface area contributed by atoms with E-state index in [9.17, 15) is 4.79 Å². The molecule has 0 radical (unpaired) electrons. The molecule has 2 unspecified atom stereocenters. The molecule has 0 bridgehead atoms. The van der Waals surface area contributed by atoms with Crippen LogP contribution in [0.1, 0.15) is 52.9 Å². The number of hydrogen-bond acceptors (Lipinski definition) is 3. The van der Waals surface area contributed by atoms with Gasteiger partial charge in [0, 0.05) is 12.6 Å². The van der Waals surface area contributed by atoms with Crippen molar-refractivity contribution in [2.24, 2.45) is 11.7 Å². The number of amides is 1. The van der Waals surface area contributed by atoms with Gasteiger partial charge in [0.05, 0.1) is 16.5 Å². The second kappa shape index (κ2) is 7.20. The molecule has 110 valence electrons. The minimum Gasteiger partial charge on any atom is -0.393 e. The molecule has 1 rings (SSSR count). The average molecular weight is 286 g/mol. The van der Waals surface area contributed by atoms with Gasteiger partial charge in [-0.2, -0.15) is 0 Å². The van der Waals surface area contributed by atoms with Crippen molar-refractivity contribution >= 4 is 23.1 Å². The van der Waals surface area contributed by atoms with Gasteiger partial charge in [0.15, 0.2) is 0 Å². The maximum atomic E-state index is 12.2. The highest BCUT2D eigenvalue weighted by molar-refractivity contribution is 7.80. The summed E-state index contributed by atoms with van der Waals surface area (Å²) in [6, 6.07) is 0.171. The third kappa shape index (κ3) is 4.14. The minimum atomic E-state index is -0.351. The quantitative estimate of drug-likeness (QED) is 0.734. The third-order valence-corrected chi connectivity index (χ3v) is 4.48. The minimum absolute atomic E-state index is 0.0389. The average Bonchev–Trinajstić information content (AvgIpc) is 2.39. The van der Waals surface area contributed by atoms with Crippen LogP contribution in [0.4, 0.5) is 0 Å². The maximum absolute atomic E-state index is 12.2. The maximum Gasteiger partial charge on any atom is 0.230 e. The van der Waals surface area contributed by atoms with Gasteiger partial charge in [0.25, 0.3) is 0 Å². The molecular weight excluding hydrogens is 260 g/mol. The van der Waals surface area contributed by atoms with E-state index in [4.69, 9.17) is 22.7 Å². The van der Waals surface area contributed by atoms with E-state index in [1.807, 2.05) is 6.92 Å². The van der Waals surface area contributed by atoms with E-state index in [0.717, 1.165) is 25.7 Å². The summed E-state index contributed by atoms with van der Waals surface area (Å²) in [5.41, 5.74) is 5.52. The molecule has 1 aliphatic heterocycles. The highest BCUT2D eigenvalue weighted by Crippen LogP contribution is 2.31. The lowest BCUT2D eigenvalue weighted by Crippen LogP contribution is -2.50. The van der Waals surface area contributed by atoms with E-state index < -0.39 is 0 Å². The summed E-state index contributed by atoms with van der Waals surface area (Å²) in [5.74, 6) is -0.390. The molecule has 0 aromatic carbocycles. The van der Waals surface area contributed by atoms with Gasteiger partial charge >= 0.3 is 0 Å². The zero-order chi connectivity index (χ0) is 14.5. The molecule has 19 heavy (non-hydrogen) atoms. The standard InChI is InChI=1S/C14H26N2O2S/c1-4-11(12(15)19)13(17)16-10-7-8-18-14(5-2,6-3)9-10/h10-11H,4-9H2,1-3H3,(H2,15,19)(H,16,17). The number of thiocarbonyl (C=S) groups is 1. The van der Waals surface area contributed by atoms with Gasteiger partial charge in [-0.25, -0.2) is 0 Å². The molecule has 0 spiro atoms. The molecule has 1 fully saturated rings. The number of nitrogens with two attached hydrogens (primary N) is 1. The SMILES string of the molecule is CCC(C(=O)NC1CCOC(CC)(CC)C1)C(N)=S. The smallest absolute Gasteiger partial charge is 0.230 e. The van der Waals surface area contributed by atoms with Crippen molar-refractivity contribution in [1.29, 1.82) is 0 Å². The summed E-state index contributed by atoms with van der Waals surface area (Å²) in [7, 11) is 0. The van der Waals surface area contributed by atoms with E-state index in [2.05, 4.69) is 19.2 Å². The number of carbonyl (C=O) groups excluding carboxylic acids is 1. The molecule has 1 heterocycles. The van der Waals surface area contributed by atoms with Crippen molar-refractivity contribution < 1.29 is 9.53 Å². The van der Waals surface area contributed by atoms with Gasteiger partial charge < -0.3 is 15.8 Å². The van der Waals surface area contributed by atoms with Crippen molar-refractivity contribution in [2.75, 3.05) is 6.61 Å². The molecule has 3 N–H and O–H groups in total. The first-order valence-corrected chi connectivity index (χ1v) is 7.62. The molecule has 4 nitrogen and oxygen atoms in total. The zero-order valence-electron chi connectivity index (χ0n) is 12.2. The largest absolute Gasteiger partial charge is 0.393 e. The molecule has 1 saturated heterocycles. The van der Waals surface area contributed by atoms with Crippen LogP contribution in [0.2, 0.25) is 0 Å². The summed E-state index contributed by atoms with van der Waals surface area (Å²) < 4.78 is 5.91. The van der Waals surface area contributed by atoms with Crippen molar-refractivity contribution in [1.82, 2.24) is 5.32 Å².